The van der Waals surface area contributed by atoms with Crippen LogP contribution in [-0.4, -0.2) is 22.6 Å². The van der Waals surface area contributed by atoms with E-state index in [1.807, 2.05) is 6.92 Å². The molecule has 1 heterocycles. The van der Waals surface area contributed by atoms with Crippen LogP contribution in [0.1, 0.15) is 57.7 Å². The van der Waals surface area contributed by atoms with Crippen molar-refractivity contribution < 1.29 is 0 Å². The first-order valence-corrected chi connectivity index (χ1v) is 7.61. The number of aryl methyl sites for hydroxylation is 2. The van der Waals surface area contributed by atoms with Crippen LogP contribution in [0.25, 0.3) is 0 Å². The van der Waals surface area contributed by atoms with E-state index >= 15 is 0 Å². The molecule has 0 radical (unpaired) electrons. The van der Waals surface area contributed by atoms with Crippen LogP contribution in [-0.2, 0) is 12.8 Å². The van der Waals surface area contributed by atoms with Gasteiger partial charge in [-0.2, -0.15) is 0 Å². The Labute approximate surface area is 118 Å². The molecule has 1 unspecified atom stereocenters. The van der Waals surface area contributed by atoms with Crippen LogP contribution in [0.15, 0.2) is 6.07 Å². The monoisotopic (exact) mass is 263 g/mol. The van der Waals surface area contributed by atoms with E-state index in [9.17, 15) is 0 Å². The van der Waals surface area contributed by atoms with Gasteiger partial charge in [0.1, 0.15) is 5.82 Å². The van der Waals surface area contributed by atoms with Crippen LogP contribution in [0.2, 0.25) is 0 Å². The Morgan fingerprint density at radius 1 is 1.16 bits per heavy atom. The van der Waals surface area contributed by atoms with E-state index < -0.39 is 0 Å². The molecule has 0 aromatic carbocycles. The average Bonchev–Trinajstić information content (AvgIpc) is 2.34. The van der Waals surface area contributed by atoms with Crippen molar-refractivity contribution in [3.8, 4) is 0 Å². The van der Waals surface area contributed by atoms with E-state index in [2.05, 4.69) is 49.0 Å². The van der Waals surface area contributed by atoms with Gasteiger partial charge >= 0.3 is 0 Å². The second-order valence-electron chi connectivity index (χ2n) is 5.74. The summed E-state index contributed by atoms with van der Waals surface area (Å²) in [5.74, 6) is 1.61. The van der Waals surface area contributed by atoms with Crippen molar-refractivity contribution in [3.05, 3.63) is 23.3 Å². The van der Waals surface area contributed by atoms with E-state index in [1.165, 1.54) is 18.5 Å². The van der Waals surface area contributed by atoms with Gasteiger partial charge in [-0.05, 0) is 44.7 Å². The van der Waals surface area contributed by atoms with Gasteiger partial charge in [0.05, 0.1) is 0 Å². The van der Waals surface area contributed by atoms with Crippen molar-refractivity contribution in [1.29, 1.82) is 0 Å². The third-order valence-corrected chi connectivity index (χ3v) is 3.20. The van der Waals surface area contributed by atoms with Gasteiger partial charge in [0.25, 0.3) is 0 Å². The molecule has 0 aliphatic rings. The Bertz CT molecular complexity index is 374. The van der Waals surface area contributed by atoms with Crippen LogP contribution in [0, 0.1) is 12.8 Å². The highest BCUT2D eigenvalue weighted by Gasteiger charge is 2.12. The van der Waals surface area contributed by atoms with Crippen LogP contribution in [0.5, 0.6) is 0 Å². The topological polar surface area (TPSA) is 37.8 Å². The molecule has 1 rings (SSSR count). The van der Waals surface area contributed by atoms with Crippen molar-refractivity contribution in [2.24, 2.45) is 5.92 Å². The summed E-state index contributed by atoms with van der Waals surface area (Å²) in [6.07, 6.45) is 4.37. The van der Waals surface area contributed by atoms with Gasteiger partial charge in [-0.3, -0.25) is 0 Å². The van der Waals surface area contributed by atoms with Crippen LogP contribution >= 0.6 is 0 Å². The maximum absolute atomic E-state index is 4.59. The van der Waals surface area contributed by atoms with Crippen LogP contribution < -0.4 is 5.32 Å². The molecule has 1 aromatic rings. The first-order valence-electron chi connectivity index (χ1n) is 7.61. The minimum absolute atomic E-state index is 0.527. The molecule has 1 atom stereocenters. The van der Waals surface area contributed by atoms with E-state index in [1.54, 1.807) is 0 Å². The molecular formula is C16H29N3. The second-order valence-corrected chi connectivity index (χ2v) is 5.74. The molecular weight excluding hydrogens is 234 g/mol. The van der Waals surface area contributed by atoms with Crippen molar-refractivity contribution in [2.75, 3.05) is 6.54 Å². The molecule has 0 amide bonds. The Morgan fingerprint density at radius 2 is 1.84 bits per heavy atom. The van der Waals surface area contributed by atoms with Gasteiger partial charge < -0.3 is 5.32 Å². The number of aromatic nitrogens is 2. The fourth-order valence-electron chi connectivity index (χ4n) is 2.39. The van der Waals surface area contributed by atoms with E-state index in [0.29, 0.717) is 12.0 Å². The molecule has 3 heteroatoms. The quantitative estimate of drug-likeness (QED) is 0.782. The zero-order valence-electron chi connectivity index (χ0n) is 13.2. The molecule has 0 aliphatic heterocycles. The fourth-order valence-corrected chi connectivity index (χ4v) is 2.39. The lowest BCUT2D eigenvalue weighted by Gasteiger charge is -2.20. The summed E-state index contributed by atoms with van der Waals surface area (Å²) in [4.78, 5) is 9.04. The summed E-state index contributed by atoms with van der Waals surface area (Å²) < 4.78 is 0. The number of nitrogens with one attached hydrogen (secondary N) is 1. The van der Waals surface area contributed by atoms with Gasteiger partial charge in [-0.1, -0.05) is 27.7 Å². The van der Waals surface area contributed by atoms with Gasteiger partial charge in [0.2, 0.25) is 0 Å². The Morgan fingerprint density at radius 3 is 2.42 bits per heavy atom. The maximum Gasteiger partial charge on any atom is 0.125 e. The highest BCUT2D eigenvalue weighted by atomic mass is 14.9. The summed E-state index contributed by atoms with van der Waals surface area (Å²) in [5.41, 5.74) is 2.33. The normalized spacial score (nSPS) is 12.9. The lowest BCUT2D eigenvalue weighted by Crippen LogP contribution is -2.33. The van der Waals surface area contributed by atoms with Crippen molar-refractivity contribution in [2.45, 2.75) is 66.3 Å². The third-order valence-electron chi connectivity index (χ3n) is 3.20. The van der Waals surface area contributed by atoms with Crippen molar-refractivity contribution in [3.63, 3.8) is 0 Å². The highest BCUT2D eigenvalue weighted by molar-refractivity contribution is 5.12. The SMILES string of the molecule is CCCNC(Cc1cc(CC)nc(C)n1)CC(C)C. The van der Waals surface area contributed by atoms with Crippen molar-refractivity contribution >= 4 is 0 Å². The van der Waals surface area contributed by atoms with Gasteiger partial charge in [-0.25, -0.2) is 9.97 Å². The molecule has 19 heavy (non-hydrogen) atoms. The molecule has 0 fully saturated rings. The molecule has 0 saturated carbocycles. The Balaban J connectivity index is 2.73. The maximum atomic E-state index is 4.59. The smallest absolute Gasteiger partial charge is 0.125 e. The summed E-state index contributed by atoms with van der Waals surface area (Å²) in [6, 6.07) is 2.69. The molecule has 1 N–H and O–H groups in total. The average molecular weight is 263 g/mol. The van der Waals surface area contributed by atoms with Gasteiger partial charge in [0, 0.05) is 23.9 Å². The fraction of sp³-hybridized carbons (Fsp3) is 0.750. The summed E-state index contributed by atoms with van der Waals surface area (Å²) in [7, 11) is 0. The predicted octanol–water partition coefficient (Wildman–Crippen LogP) is 3.30. The highest BCUT2D eigenvalue weighted by Crippen LogP contribution is 2.11. The lowest BCUT2D eigenvalue weighted by molar-refractivity contribution is 0.413. The lowest BCUT2D eigenvalue weighted by atomic mass is 9.99. The molecule has 0 saturated heterocycles. The summed E-state index contributed by atoms with van der Waals surface area (Å²) >= 11 is 0. The van der Waals surface area contributed by atoms with E-state index in [4.69, 9.17) is 0 Å². The second kappa shape index (κ2) is 8.26. The number of nitrogens with zero attached hydrogens (tertiary/aromatic N) is 2. The zero-order chi connectivity index (χ0) is 14.3. The molecule has 3 nitrogen and oxygen atoms in total. The van der Waals surface area contributed by atoms with E-state index in [0.717, 1.165) is 30.9 Å². The first-order chi connectivity index (χ1) is 9.05. The van der Waals surface area contributed by atoms with Gasteiger partial charge in [0.15, 0.2) is 0 Å². The largest absolute Gasteiger partial charge is 0.314 e. The predicted molar refractivity (Wildman–Crippen MR) is 81.4 cm³/mol. The number of hydrogen-bond donors (Lipinski definition) is 1. The molecule has 0 spiro atoms. The molecule has 0 aliphatic carbocycles. The minimum Gasteiger partial charge on any atom is -0.314 e. The Hall–Kier alpha value is -0.960. The zero-order valence-corrected chi connectivity index (χ0v) is 13.2. The number of rotatable bonds is 8. The summed E-state index contributed by atoms with van der Waals surface area (Å²) in [5, 5.41) is 3.65. The van der Waals surface area contributed by atoms with E-state index in [-0.39, 0.29) is 0 Å². The number of hydrogen-bond acceptors (Lipinski definition) is 3. The van der Waals surface area contributed by atoms with Gasteiger partial charge in [-0.15, -0.1) is 0 Å². The van der Waals surface area contributed by atoms with Crippen molar-refractivity contribution in [1.82, 2.24) is 15.3 Å². The standard InChI is InChI=1S/C16H29N3/c1-6-8-17-15(9-12(3)4)11-16-10-14(7-2)18-13(5)19-16/h10,12,15,17H,6-9,11H2,1-5H3. The molecule has 108 valence electrons. The van der Waals surface area contributed by atoms with Crippen LogP contribution in [0.4, 0.5) is 0 Å². The van der Waals surface area contributed by atoms with Crippen LogP contribution in [0.3, 0.4) is 0 Å². The first kappa shape index (κ1) is 16.1. The third kappa shape index (κ3) is 6.15. The molecule has 1 aromatic heterocycles. The molecule has 0 bridgehead atoms. The summed E-state index contributed by atoms with van der Waals surface area (Å²) in [6.45, 7) is 12.0. The Kier molecular flexibility index (Phi) is 7.00. The minimum atomic E-state index is 0.527.